The number of nitrogens with two attached hydrogens (primary N) is 1. The summed E-state index contributed by atoms with van der Waals surface area (Å²) in [6, 6.07) is 21.5. The van der Waals surface area contributed by atoms with Gasteiger partial charge in [-0.05, 0) is 17.5 Å². The third-order valence-electron chi connectivity index (χ3n) is 3.67. The molecule has 2 heteroatoms. The first-order chi connectivity index (χ1) is 8.86. The summed E-state index contributed by atoms with van der Waals surface area (Å²) in [5.74, 6) is 0. The Bertz CT molecular complexity index is 456. The fourth-order valence-corrected chi connectivity index (χ4v) is 2.59. The highest BCUT2D eigenvalue weighted by Gasteiger charge is 2.32. The maximum atomic E-state index is 6.12. The van der Waals surface area contributed by atoms with E-state index >= 15 is 0 Å². The Morgan fingerprint density at radius 2 is 1.39 bits per heavy atom. The molecule has 0 aliphatic carbocycles. The Hall–Kier alpha value is -1.64. The molecular formula is C16H18N2. The lowest BCUT2D eigenvalue weighted by atomic mass is 9.93. The van der Waals surface area contributed by atoms with E-state index in [-0.39, 0.29) is 12.2 Å². The normalized spacial score (nSPS) is 19.8. The molecular weight excluding hydrogens is 220 g/mol. The summed E-state index contributed by atoms with van der Waals surface area (Å²) in [5, 5.41) is 0. The highest BCUT2D eigenvalue weighted by Crippen LogP contribution is 2.33. The number of likely N-dealkylation sites (tertiary alicyclic amines) is 1. The highest BCUT2D eigenvalue weighted by atomic mass is 15.3. The number of rotatable bonds is 3. The van der Waals surface area contributed by atoms with Crippen LogP contribution in [0.3, 0.4) is 0 Å². The zero-order chi connectivity index (χ0) is 12.4. The van der Waals surface area contributed by atoms with E-state index in [0.717, 1.165) is 13.0 Å². The van der Waals surface area contributed by atoms with Gasteiger partial charge in [0.05, 0.1) is 12.2 Å². The molecule has 0 aromatic heterocycles. The number of nitrogens with zero attached hydrogens (tertiary/aromatic N) is 1. The van der Waals surface area contributed by atoms with E-state index in [1.807, 2.05) is 0 Å². The number of hydrogen-bond donors (Lipinski definition) is 1. The van der Waals surface area contributed by atoms with E-state index in [9.17, 15) is 0 Å². The summed E-state index contributed by atoms with van der Waals surface area (Å²) in [7, 11) is 0. The molecule has 0 spiro atoms. The molecule has 1 unspecified atom stereocenters. The Morgan fingerprint density at radius 3 is 1.72 bits per heavy atom. The summed E-state index contributed by atoms with van der Waals surface area (Å²) in [6.45, 7) is 1.08. The van der Waals surface area contributed by atoms with Crippen LogP contribution >= 0.6 is 0 Å². The van der Waals surface area contributed by atoms with Crippen LogP contribution in [-0.2, 0) is 0 Å². The van der Waals surface area contributed by atoms with Crippen LogP contribution in [0.4, 0.5) is 0 Å². The predicted molar refractivity (Wildman–Crippen MR) is 74.0 cm³/mol. The van der Waals surface area contributed by atoms with Crippen molar-refractivity contribution in [3.05, 3.63) is 71.8 Å². The minimum Gasteiger partial charge on any atom is -0.316 e. The van der Waals surface area contributed by atoms with Crippen LogP contribution in [0.5, 0.6) is 0 Å². The van der Waals surface area contributed by atoms with Gasteiger partial charge < -0.3 is 5.73 Å². The quantitative estimate of drug-likeness (QED) is 0.891. The molecule has 1 fully saturated rings. The Kier molecular flexibility index (Phi) is 3.13. The molecule has 1 saturated heterocycles. The second-order valence-electron chi connectivity index (χ2n) is 4.82. The van der Waals surface area contributed by atoms with Gasteiger partial charge in [0.2, 0.25) is 0 Å². The molecule has 0 saturated carbocycles. The van der Waals surface area contributed by atoms with Crippen molar-refractivity contribution in [2.75, 3.05) is 6.54 Å². The second kappa shape index (κ2) is 4.92. The van der Waals surface area contributed by atoms with E-state index in [1.165, 1.54) is 11.1 Å². The van der Waals surface area contributed by atoms with Gasteiger partial charge in [-0.25, -0.2) is 0 Å². The van der Waals surface area contributed by atoms with Gasteiger partial charge in [0.25, 0.3) is 0 Å². The van der Waals surface area contributed by atoms with Crippen LogP contribution in [0.25, 0.3) is 0 Å². The zero-order valence-corrected chi connectivity index (χ0v) is 10.4. The maximum Gasteiger partial charge on any atom is 0.0615 e. The number of benzene rings is 2. The predicted octanol–water partition coefficient (Wildman–Crippen LogP) is 2.77. The van der Waals surface area contributed by atoms with Gasteiger partial charge in [0.1, 0.15) is 0 Å². The molecule has 1 heterocycles. The topological polar surface area (TPSA) is 29.3 Å². The standard InChI is InChI=1S/C16H18N2/c17-15-11-12-18(15)16(13-7-3-1-4-8-13)14-9-5-2-6-10-14/h1-10,15-16H,11-12,17H2. The van der Waals surface area contributed by atoms with Crippen molar-refractivity contribution in [1.82, 2.24) is 4.90 Å². The van der Waals surface area contributed by atoms with E-state index < -0.39 is 0 Å². The van der Waals surface area contributed by atoms with Crippen molar-refractivity contribution in [2.45, 2.75) is 18.6 Å². The van der Waals surface area contributed by atoms with Gasteiger partial charge in [-0.15, -0.1) is 0 Å². The van der Waals surface area contributed by atoms with Gasteiger partial charge in [0, 0.05) is 6.54 Å². The molecule has 1 aliphatic rings. The van der Waals surface area contributed by atoms with Gasteiger partial charge in [-0.2, -0.15) is 0 Å². The van der Waals surface area contributed by atoms with Crippen LogP contribution in [0.1, 0.15) is 23.6 Å². The average molecular weight is 238 g/mol. The van der Waals surface area contributed by atoms with Crippen molar-refractivity contribution in [1.29, 1.82) is 0 Å². The molecule has 2 N–H and O–H groups in total. The van der Waals surface area contributed by atoms with Crippen LogP contribution in [0.2, 0.25) is 0 Å². The maximum absolute atomic E-state index is 6.12. The Labute approximate surface area is 108 Å². The fourth-order valence-electron chi connectivity index (χ4n) is 2.59. The van der Waals surface area contributed by atoms with E-state index in [0.29, 0.717) is 0 Å². The van der Waals surface area contributed by atoms with Crippen LogP contribution in [0.15, 0.2) is 60.7 Å². The van der Waals surface area contributed by atoms with Crippen molar-refractivity contribution in [3.8, 4) is 0 Å². The lowest BCUT2D eigenvalue weighted by Gasteiger charge is -2.44. The minimum atomic E-state index is 0.190. The van der Waals surface area contributed by atoms with Crippen molar-refractivity contribution in [2.24, 2.45) is 5.73 Å². The first-order valence-corrected chi connectivity index (χ1v) is 6.47. The molecule has 2 aromatic rings. The smallest absolute Gasteiger partial charge is 0.0615 e. The Balaban J connectivity index is 1.99. The summed E-state index contributed by atoms with van der Waals surface area (Å²) < 4.78 is 0. The van der Waals surface area contributed by atoms with Crippen LogP contribution in [-0.4, -0.2) is 17.6 Å². The molecule has 2 nitrogen and oxygen atoms in total. The molecule has 2 aromatic carbocycles. The molecule has 1 atom stereocenters. The van der Waals surface area contributed by atoms with E-state index in [4.69, 9.17) is 5.73 Å². The first kappa shape index (κ1) is 11.5. The molecule has 0 radical (unpaired) electrons. The molecule has 3 rings (SSSR count). The van der Waals surface area contributed by atoms with Crippen molar-refractivity contribution < 1.29 is 0 Å². The van der Waals surface area contributed by atoms with Crippen molar-refractivity contribution >= 4 is 0 Å². The highest BCUT2D eigenvalue weighted by molar-refractivity contribution is 5.32. The molecule has 1 aliphatic heterocycles. The van der Waals surface area contributed by atoms with Gasteiger partial charge in [-0.1, -0.05) is 60.7 Å². The minimum absolute atomic E-state index is 0.190. The van der Waals surface area contributed by atoms with Gasteiger partial charge >= 0.3 is 0 Å². The molecule has 0 amide bonds. The molecule has 0 bridgehead atoms. The zero-order valence-electron chi connectivity index (χ0n) is 10.4. The third kappa shape index (κ3) is 2.05. The largest absolute Gasteiger partial charge is 0.316 e. The monoisotopic (exact) mass is 238 g/mol. The lowest BCUT2D eigenvalue weighted by molar-refractivity contribution is 0.0617. The molecule has 92 valence electrons. The number of hydrogen-bond acceptors (Lipinski definition) is 2. The van der Waals surface area contributed by atoms with E-state index in [1.54, 1.807) is 0 Å². The summed E-state index contributed by atoms with van der Waals surface area (Å²) in [6.07, 6.45) is 1.28. The molecule has 18 heavy (non-hydrogen) atoms. The lowest BCUT2D eigenvalue weighted by Crippen LogP contribution is -2.54. The SMILES string of the molecule is NC1CCN1C(c1ccccc1)c1ccccc1. The van der Waals surface area contributed by atoms with Crippen LogP contribution < -0.4 is 5.73 Å². The van der Waals surface area contributed by atoms with Gasteiger partial charge in [-0.3, -0.25) is 4.90 Å². The van der Waals surface area contributed by atoms with Gasteiger partial charge in [0.15, 0.2) is 0 Å². The fraction of sp³-hybridized carbons (Fsp3) is 0.250. The second-order valence-corrected chi connectivity index (χ2v) is 4.82. The summed E-state index contributed by atoms with van der Waals surface area (Å²) in [4.78, 5) is 2.37. The average Bonchev–Trinajstić information content (AvgIpc) is 2.45. The van der Waals surface area contributed by atoms with Crippen LogP contribution in [0, 0.1) is 0 Å². The van der Waals surface area contributed by atoms with E-state index in [2.05, 4.69) is 65.6 Å². The van der Waals surface area contributed by atoms with Crippen molar-refractivity contribution in [3.63, 3.8) is 0 Å². The first-order valence-electron chi connectivity index (χ1n) is 6.47. The third-order valence-corrected chi connectivity index (χ3v) is 3.67. The summed E-state index contributed by atoms with van der Waals surface area (Å²) in [5.41, 5.74) is 8.76. The summed E-state index contributed by atoms with van der Waals surface area (Å²) >= 11 is 0. The Morgan fingerprint density at radius 1 is 0.889 bits per heavy atom.